The first-order valence-corrected chi connectivity index (χ1v) is 14.8. The lowest BCUT2D eigenvalue weighted by Gasteiger charge is -2.48. The van der Waals surface area contributed by atoms with Crippen molar-refractivity contribution in [2.75, 3.05) is 13.2 Å². The number of aliphatic hydroxyl groups is 9. The maximum Gasteiger partial charge on any atom is 0.331 e. The molecule has 0 spiro atoms. The fourth-order valence-corrected chi connectivity index (χ4v) is 6.40. The second-order valence-corrected chi connectivity index (χ2v) is 12.0. The van der Waals surface area contributed by atoms with Gasteiger partial charge in [-0.05, 0) is 24.6 Å². The molecule has 0 unspecified atom stereocenters. The number of benzene rings is 1. The van der Waals surface area contributed by atoms with Gasteiger partial charge in [0.15, 0.2) is 12.6 Å². The summed E-state index contributed by atoms with van der Waals surface area (Å²) in [4.78, 5) is 12.9. The largest absolute Gasteiger partial charge is 0.472 e. The fourth-order valence-electron chi connectivity index (χ4n) is 6.40. The van der Waals surface area contributed by atoms with E-state index in [0.717, 1.165) is 11.8 Å². The molecule has 3 heterocycles. The number of hydrogen-bond acceptors (Lipinski definition) is 16. The Morgan fingerprint density at radius 3 is 2.15 bits per heavy atom. The third-order valence-electron chi connectivity index (χ3n) is 8.88. The van der Waals surface area contributed by atoms with Gasteiger partial charge in [0.05, 0.1) is 31.5 Å². The van der Waals surface area contributed by atoms with Crippen molar-refractivity contribution in [3.63, 3.8) is 0 Å². The highest BCUT2D eigenvalue weighted by Crippen LogP contribution is 2.51. The smallest absolute Gasteiger partial charge is 0.331 e. The first kappa shape index (κ1) is 34.8. The molecule has 1 saturated carbocycles. The van der Waals surface area contributed by atoms with Gasteiger partial charge in [0.1, 0.15) is 60.0 Å². The van der Waals surface area contributed by atoms with Gasteiger partial charge in [-0.1, -0.05) is 30.3 Å². The lowest BCUT2D eigenvalue weighted by atomic mass is 9.81. The van der Waals surface area contributed by atoms with E-state index >= 15 is 0 Å². The number of esters is 1. The summed E-state index contributed by atoms with van der Waals surface area (Å²) in [6.45, 7) is -0.0961. The van der Waals surface area contributed by atoms with E-state index in [-0.39, 0.29) is 6.42 Å². The molecule has 0 radical (unpaired) electrons. The van der Waals surface area contributed by atoms with Crippen molar-refractivity contribution in [3.05, 3.63) is 54.3 Å². The molecular weight excluding hydrogens is 616 g/mol. The normalized spacial score (nSPS) is 45.7. The van der Waals surface area contributed by atoms with Gasteiger partial charge in [-0.15, -0.1) is 0 Å². The standard InChI is InChI=1S/C30H40O16/c1-29(46-18(34)8-7-14-5-3-2-4-6-14)11-17(33)30(40)9-10-41-28(25(29)30)45-27-23(39)24(20(36)16(13-32)43-27)44-26-22(38)21(37)19(35)15(12-31)42-26/h2-10,15-17,19-28,31-33,35-40H,11-13H2,1H3/b8-7+/t15-,16-,17-,19-,20-,21+,22-,23-,24+,25-,26+,27+,28+,29+,30-/m1/s1. The molecule has 1 aromatic carbocycles. The minimum atomic E-state index is -2.02. The first-order valence-electron chi connectivity index (χ1n) is 14.8. The lowest BCUT2D eigenvalue weighted by Crippen LogP contribution is -2.65. The quantitative estimate of drug-likeness (QED) is 0.0928. The Morgan fingerprint density at radius 1 is 0.870 bits per heavy atom. The van der Waals surface area contributed by atoms with Crippen LogP contribution in [0.3, 0.4) is 0 Å². The van der Waals surface area contributed by atoms with Crippen molar-refractivity contribution in [2.24, 2.45) is 5.92 Å². The van der Waals surface area contributed by atoms with Gasteiger partial charge in [-0.25, -0.2) is 4.79 Å². The van der Waals surface area contributed by atoms with E-state index in [2.05, 4.69) is 0 Å². The summed E-state index contributed by atoms with van der Waals surface area (Å²) in [5, 5.41) is 94.4. The highest BCUT2D eigenvalue weighted by atomic mass is 16.8. The van der Waals surface area contributed by atoms with Crippen molar-refractivity contribution >= 4 is 12.0 Å². The van der Waals surface area contributed by atoms with Crippen LogP contribution in [0, 0.1) is 5.92 Å². The van der Waals surface area contributed by atoms with E-state index in [1.165, 1.54) is 25.2 Å². The van der Waals surface area contributed by atoms with Crippen molar-refractivity contribution in [3.8, 4) is 0 Å². The Hall–Kier alpha value is -2.55. The highest BCUT2D eigenvalue weighted by Gasteiger charge is 2.66. The molecule has 16 nitrogen and oxygen atoms in total. The Balaban J connectivity index is 1.35. The minimum Gasteiger partial charge on any atom is -0.472 e. The Kier molecular flexibility index (Phi) is 10.5. The van der Waals surface area contributed by atoms with E-state index in [0.29, 0.717) is 0 Å². The fraction of sp³-hybridized carbons (Fsp3) is 0.633. The molecule has 3 aliphatic heterocycles. The molecule has 1 aliphatic carbocycles. The number of ether oxygens (including phenoxy) is 6. The maximum absolute atomic E-state index is 12.9. The Morgan fingerprint density at radius 2 is 1.50 bits per heavy atom. The molecule has 4 aliphatic rings. The highest BCUT2D eigenvalue weighted by molar-refractivity contribution is 5.87. The van der Waals surface area contributed by atoms with Crippen LogP contribution in [0.15, 0.2) is 48.7 Å². The van der Waals surface area contributed by atoms with Gasteiger partial charge in [0, 0.05) is 12.5 Å². The van der Waals surface area contributed by atoms with Crippen LogP contribution in [0.2, 0.25) is 0 Å². The molecule has 256 valence electrons. The summed E-state index contributed by atoms with van der Waals surface area (Å²) < 4.78 is 33.8. The first-order chi connectivity index (χ1) is 21.8. The summed E-state index contributed by atoms with van der Waals surface area (Å²) in [5.41, 5.74) is -2.89. The van der Waals surface area contributed by atoms with Crippen molar-refractivity contribution in [1.29, 1.82) is 0 Å². The average molecular weight is 657 g/mol. The van der Waals surface area contributed by atoms with Gasteiger partial charge in [-0.3, -0.25) is 0 Å². The average Bonchev–Trinajstić information content (AvgIpc) is 3.24. The van der Waals surface area contributed by atoms with Gasteiger partial charge in [0.25, 0.3) is 0 Å². The van der Waals surface area contributed by atoms with Gasteiger partial charge in [-0.2, -0.15) is 0 Å². The summed E-state index contributed by atoms with van der Waals surface area (Å²) in [6.07, 6.45) is -15.3. The van der Waals surface area contributed by atoms with Crippen LogP contribution in [0.1, 0.15) is 18.9 Å². The Labute approximate surface area is 263 Å². The molecule has 0 bridgehead atoms. The number of carbonyl (C=O) groups is 1. The molecule has 0 amide bonds. The number of rotatable bonds is 9. The molecule has 15 atom stereocenters. The van der Waals surface area contributed by atoms with Crippen LogP contribution in [0.25, 0.3) is 6.08 Å². The van der Waals surface area contributed by atoms with Crippen LogP contribution >= 0.6 is 0 Å². The zero-order valence-electron chi connectivity index (χ0n) is 24.7. The van der Waals surface area contributed by atoms with E-state index in [1.54, 1.807) is 24.3 Å². The molecule has 5 rings (SSSR count). The predicted molar refractivity (Wildman–Crippen MR) is 151 cm³/mol. The second kappa shape index (κ2) is 13.9. The van der Waals surface area contributed by atoms with Crippen molar-refractivity contribution in [1.82, 2.24) is 0 Å². The molecule has 0 aromatic heterocycles. The number of fused-ring (bicyclic) bond motifs is 1. The van der Waals surface area contributed by atoms with Crippen molar-refractivity contribution < 1.29 is 79.2 Å². The van der Waals surface area contributed by atoms with Gasteiger partial charge < -0.3 is 74.4 Å². The maximum atomic E-state index is 12.9. The SMILES string of the molecule is C[C@]1(OC(=O)/C=C/c2ccccc2)C[C@@H](O)[C@]2(O)C=CO[C@@H](O[C@@H]3O[C@H](CO)[C@@H](O)[C@H](O[C@@H]4O[C@H](CO)[C@@H](O)[C@H](O)[C@H]4O)[C@H]3O)[C@@H]21. The predicted octanol–water partition coefficient (Wildman–Crippen LogP) is -3.38. The van der Waals surface area contributed by atoms with Gasteiger partial charge >= 0.3 is 5.97 Å². The molecule has 46 heavy (non-hydrogen) atoms. The third kappa shape index (κ3) is 6.59. The topological polar surface area (TPSA) is 255 Å². The summed E-state index contributed by atoms with van der Waals surface area (Å²) >= 11 is 0. The zero-order chi connectivity index (χ0) is 33.4. The molecular formula is C30H40O16. The molecule has 1 aromatic rings. The van der Waals surface area contributed by atoms with Crippen LogP contribution in [-0.2, 0) is 33.2 Å². The van der Waals surface area contributed by atoms with Gasteiger partial charge in [0.2, 0.25) is 6.29 Å². The summed E-state index contributed by atoms with van der Waals surface area (Å²) in [6, 6.07) is 8.93. The van der Waals surface area contributed by atoms with Crippen LogP contribution in [-0.4, -0.2) is 150 Å². The van der Waals surface area contributed by atoms with Crippen LogP contribution in [0.4, 0.5) is 0 Å². The van der Waals surface area contributed by atoms with E-state index in [9.17, 15) is 50.8 Å². The van der Waals surface area contributed by atoms with E-state index < -0.39 is 110 Å². The summed E-state index contributed by atoms with van der Waals surface area (Å²) in [5.74, 6) is -2.09. The monoisotopic (exact) mass is 656 g/mol. The Bertz CT molecular complexity index is 1240. The minimum absolute atomic E-state index is 0.235. The molecule has 3 fully saturated rings. The van der Waals surface area contributed by atoms with Crippen LogP contribution < -0.4 is 0 Å². The lowest BCUT2D eigenvalue weighted by molar-refractivity contribution is -0.379. The van der Waals surface area contributed by atoms with E-state index in [1.807, 2.05) is 6.07 Å². The van der Waals surface area contributed by atoms with E-state index in [4.69, 9.17) is 28.4 Å². The number of carbonyl (C=O) groups excluding carboxylic acids is 1. The number of hydrogen-bond donors (Lipinski definition) is 9. The number of aliphatic hydroxyl groups excluding tert-OH is 8. The summed E-state index contributed by atoms with van der Waals surface area (Å²) in [7, 11) is 0. The second-order valence-electron chi connectivity index (χ2n) is 12.0. The molecule has 16 heteroatoms. The van der Waals surface area contributed by atoms with Crippen LogP contribution in [0.5, 0.6) is 0 Å². The third-order valence-corrected chi connectivity index (χ3v) is 8.88. The van der Waals surface area contributed by atoms with Crippen molar-refractivity contribution in [2.45, 2.75) is 98.4 Å². The molecule has 9 N–H and O–H groups in total. The molecule has 2 saturated heterocycles. The zero-order valence-corrected chi connectivity index (χ0v) is 24.7.